The van der Waals surface area contributed by atoms with Crippen molar-refractivity contribution in [2.24, 2.45) is 5.92 Å². The highest BCUT2D eigenvalue weighted by molar-refractivity contribution is 9.10. The summed E-state index contributed by atoms with van der Waals surface area (Å²) < 4.78 is 5.25. The van der Waals surface area contributed by atoms with E-state index in [1.54, 1.807) is 0 Å². The summed E-state index contributed by atoms with van der Waals surface area (Å²) >= 11 is 3.67. The average Bonchev–Trinajstić information content (AvgIpc) is 3.04. The maximum atomic E-state index is 10.1. The van der Waals surface area contributed by atoms with Crippen molar-refractivity contribution in [3.63, 3.8) is 0 Å². The minimum absolute atomic E-state index is 0.223. The molecule has 0 fully saturated rings. The summed E-state index contributed by atoms with van der Waals surface area (Å²) in [5.74, 6) is 0.223. The minimum Gasteiger partial charge on any atom is -0.388 e. The van der Waals surface area contributed by atoms with Crippen LogP contribution < -0.4 is 0 Å². The number of rotatable bonds is 6. The first-order valence-electron chi connectivity index (χ1n) is 7.55. The van der Waals surface area contributed by atoms with Crippen LogP contribution in [0.25, 0.3) is 0 Å². The lowest BCUT2D eigenvalue weighted by Crippen LogP contribution is -2.08. The summed E-state index contributed by atoms with van der Waals surface area (Å²) in [5, 5.41) is 14.8. The fourth-order valence-corrected chi connectivity index (χ4v) is 3.15. The van der Waals surface area contributed by atoms with Crippen LogP contribution in [0.2, 0.25) is 0 Å². The van der Waals surface area contributed by atoms with Gasteiger partial charge in [0.05, 0.1) is 28.5 Å². The van der Waals surface area contributed by atoms with Gasteiger partial charge in [-0.2, -0.15) is 5.10 Å². The number of aromatic nitrogens is 3. The molecule has 0 saturated heterocycles. The van der Waals surface area contributed by atoms with E-state index in [1.807, 2.05) is 37.0 Å². The third-order valence-electron chi connectivity index (χ3n) is 3.77. The summed E-state index contributed by atoms with van der Waals surface area (Å²) in [6.07, 6.45) is 4.56. The number of aryl methyl sites for hydroxylation is 2. The molecule has 0 spiro atoms. The lowest BCUT2D eigenvalue weighted by Gasteiger charge is -2.12. The Morgan fingerprint density at radius 2 is 2.05 bits per heavy atom. The van der Waals surface area contributed by atoms with Crippen LogP contribution in [0.1, 0.15) is 50.8 Å². The third kappa shape index (κ3) is 3.40. The van der Waals surface area contributed by atoms with Crippen LogP contribution in [0, 0.1) is 5.92 Å². The van der Waals surface area contributed by atoms with Crippen molar-refractivity contribution < 1.29 is 5.11 Å². The highest BCUT2D eigenvalue weighted by Gasteiger charge is 2.16. The molecule has 0 radical (unpaired) electrons. The second-order valence-electron chi connectivity index (χ2n) is 5.68. The molecular formula is C16H24BrN3O. The number of hydrogen-bond acceptors (Lipinski definition) is 2. The lowest BCUT2D eigenvalue weighted by molar-refractivity contribution is 0.127. The standard InChI is InChI=1S/C16H24BrN3O/c1-5-13-15(17)14(20(6-2)18-13)10-19-8-7-12(9-19)16(21)11(3)4/h7-9,11,16,21H,5-6,10H2,1-4H3. The largest absolute Gasteiger partial charge is 0.388 e. The summed E-state index contributed by atoms with van der Waals surface area (Å²) in [6, 6.07) is 1.99. The molecule has 0 amide bonds. The van der Waals surface area contributed by atoms with Gasteiger partial charge >= 0.3 is 0 Å². The Hall–Kier alpha value is -1.07. The van der Waals surface area contributed by atoms with E-state index < -0.39 is 6.10 Å². The number of halogens is 1. The zero-order chi connectivity index (χ0) is 15.6. The van der Waals surface area contributed by atoms with Crippen molar-refractivity contribution in [2.45, 2.75) is 53.3 Å². The van der Waals surface area contributed by atoms with Crippen molar-refractivity contribution in [3.8, 4) is 0 Å². The zero-order valence-electron chi connectivity index (χ0n) is 13.2. The SMILES string of the molecule is CCc1nn(CC)c(Cn2ccc(C(O)C(C)C)c2)c1Br. The van der Waals surface area contributed by atoms with Gasteiger partial charge in [0.2, 0.25) is 0 Å². The van der Waals surface area contributed by atoms with E-state index in [9.17, 15) is 5.11 Å². The van der Waals surface area contributed by atoms with Crippen LogP contribution in [0.3, 0.4) is 0 Å². The third-order valence-corrected chi connectivity index (χ3v) is 4.69. The number of nitrogens with zero attached hydrogens (tertiary/aromatic N) is 3. The fraction of sp³-hybridized carbons (Fsp3) is 0.562. The minimum atomic E-state index is -0.406. The Morgan fingerprint density at radius 3 is 2.62 bits per heavy atom. The van der Waals surface area contributed by atoms with Gasteiger partial charge in [-0.1, -0.05) is 20.8 Å². The lowest BCUT2D eigenvalue weighted by atomic mass is 10.0. The monoisotopic (exact) mass is 353 g/mol. The molecular weight excluding hydrogens is 330 g/mol. The second-order valence-corrected chi connectivity index (χ2v) is 6.48. The average molecular weight is 354 g/mol. The molecule has 0 saturated carbocycles. The normalized spacial score (nSPS) is 13.1. The van der Waals surface area contributed by atoms with E-state index in [0.717, 1.165) is 35.2 Å². The fourth-order valence-electron chi connectivity index (χ4n) is 2.46. The summed E-state index contributed by atoms with van der Waals surface area (Å²) in [7, 11) is 0. The number of aliphatic hydroxyl groups excluding tert-OH is 1. The molecule has 116 valence electrons. The molecule has 0 aliphatic carbocycles. The molecule has 21 heavy (non-hydrogen) atoms. The Balaban J connectivity index is 2.24. The van der Waals surface area contributed by atoms with Crippen molar-refractivity contribution >= 4 is 15.9 Å². The first-order valence-corrected chi connectivity index (χ1v) is 8.34. The van der Waals surface area contributed by atoms with Crippen LogP contribution in [0.4, 0.5) is 0 Å². The van der Waals surface area contributed by atoms with Gasteiger partial charge in [0.15, 0.2) is 0 Å². The Morgan fingerprint density at radius 1 is 1.33 bits per heavy atom. The highest BCUT2D eigenvalue weighted by atomic mass is 79.9. The van der Waals surface area contributed by atoms with Crippen molar-refractivity contribution in [1.82, 2.24) is 14.3 Å². The van der Waals surface area contributed by atoms with Crippen molar-refractivity contribution in [1.29, 1.82) is 0 Å². The summed E-state index contributed by atoms with van der Waals surface area (Å²) in [6.45, 7) is 9.88. The van der Waals surface area contributed by atoms with Gasteiger partial charge in [-0.3, -0.25) is 4.68 Å². The molecule has 2 aromatic heterocycles. The molecule has 2 rings (SSSR count). The Bertz CT molecular complexity index is 601. The van der Waals surface area contributed by atoms with Crippen molar-refractivity contribution in [3.05, 3.63) is 39.9 Å². The molecule has 0 bridgehead atoms. The van der Waals surface area contributed by atoms with E-state index in [-0.39, 0.29) is 5.92 Å². The quantitative estimate of drug-likeness (QED) is 0.858. The molecule has 1 unspecified atom stereocenters. The summed E-state index contributed by atoms with van der Waals surface area (Å²) in [5.41, 5.74) is 3.25. The molecule has 1 N–H and O–H groups in total. The molecule has 5 heteroatoms. The van der Waals surface area contributed by atoms with Crippen LogP contribution in [-0.4, -0.2) is 19.5 Å². The van der Waals surface area contributed by atoms with Crippen LogP contribution in [-0.2, 0) is 19.5 Å². The second kappa shape index (κ2) is 6.79. The van der Waals surface area contributed by atoms with Gasteiger partial charge in [0.25, 0.3) is 0 Å². The van der Waals surface area contributed by atoms with Gasteiger partial charge in [-0.15, -0.1) is 0 Å². The van der Waals surface area contributed by atoms with Crippen molar-refractivity contribution in [2.75, 3.05) is 0 Å². The predicted octanol–water partition coefficient (Wildman–Crippen LogP) is 3.77. The molecule has 0 aliphatic heterocycles. The van der Waals surface area contributed by atoms with E-state index >= 15 is 0 Å². The zero-order valence-corrected chi connectivity index (χ0v) is 14.8. The maximum Gasteiger partial charge on any atom is 0.0827 e. The smallest absolute Gasteiger partial charge is 0.0827 e. The van der Waals surface area contributed by atoms with Crippen LogP contribution in [0.15, 0.2) is 22.9 Å². The van der Waals surface area contributed by atoms with E-state index in [2.05, 4.69) is 39.4 Å². The molecule has 4 nitrogen and oxygen atoms in total. The topological polar surface area (TPSA) is 43.0 Å². The van der Waals surface area contributed by atoms with Gasteiger partial charge in [0.1, 0.15) is 0 Å². The molecule has 1 atom stereocenters. The Labute approximate surface area is 134 Å². The van der Waals surface area contributed by atoms with Gasteiger partial charge < -0.3 is 9.67 Å². The van der Waals surface area contributed by atoms with E-state index in [1.165, 1.54) is 5.69 Å². The molecule has 0 aliphatic rings. The molecule has 2 heterocycles. The Kier molecular flexibility index (Phi) is 5.27. The first kappa shape index (κ1) is 16.3. The molecule has 0 aromatic carbocycles. The predicted molar refractivity (Wildman–Crippen MR) is 88.3 cm³/mol. The first-order chi connectivity index (χ1) is 9.97. The van der Waals surface area contributed by atoms with Gasteiger partial charge in [0, 0.05) is 18.9 Å². The van der Waals surface area contributed by atoms with Gasteiger partial charge in [-0.25, -0.2) is 0 Å². The molecule has 2 aromatic rings. The van der Waals surface area contributed by atoms with Crippen LogP contribution >= 0.6 is 15.9 Å². The highest BCUT2D eigenvalue weighted by Crippen LogP contribution is 2.25. The number of aliphatic hydroxyl groups is 1. The van der Waals surface area contributed by atoms with Crippen LogP contribution in [0.5, 0.6) is 0 Å². The van der Waals surface area contributed by atoms with Gasteiger partial charge in [-0.05, 0) is 46.8 Å². The van der Waals surface area contributed by atoms with E-state index in [4.69, 9.17) is 0 Å². The van der Waals surface area contributed by atoms with E-state index in [0.29, 0.717) is 0 Å². The summed E-state index contributed by atoms with van der Waals surface area (Å²) in [4.78, 5) is 0. The maximum absolute atomic E-state index is 10.1. The number of hydrogen-bond donors (Lipinski definition) is 1.